The van der Waals surface area contributed by atoms with Crippen LogP contribution in [-0.4, -0.2) is 96.7 Å². The molecule has 2 unspecified atom stereocenters. The monoisotopic (exact) mass is 1250 g/mol. The molecular weight excluding hydrogens is 1130 g/mol. The minimum Gasteiger partial charge on any atom is -0.462 e. The third-order valence-corrected chi connectivity index (χ3v) is 17.1. The van der Waals surface area contributed by atoms with E-state index in [1.165, 1.54) is 148 Å². The molecule has 0 saturated carbocycles. The molecule has 0 amide bonds. The van der Waals surface area contributed by atoms with Crippen LogP contribution in [-0.2, 0) is 65.4 Å². The highest BCUT2D eigenvalue weighted by molar-refractivity contribution is 7.47. The highest BCUT2D eigenvalue weighted by Crippen LogP contribution is 2.45. The minimum atomic E-state index is -4.95. The maximum absolute atomic E-state index is 13.0. The van der Waals surface area contributed by atoms with Crippen LogP contribution in [0.5, 0.6) is 0 Å². The van der Waals surface area contributed by atoms with E-state index >= 15 is 0 Å². The van der Waals surface area contributed by atoms with E-state index < -0.39 is 97.5 Å². The Labute approximate surface area is 517 Å². The van der Waals surface area contributed by atoms with Gasteiger partial charge in [-0.25, -0.2) is 9.13 Å². The summed E-state index contributed by atoms with van der Waals surface area (Å²) in [6, 6.07) is 0. The molecule has 3 N–H and O–H groups in total. The van der Waals surface area contributed by atoms with Crippen LogP contribution < -0.4 is 0 Å². The molecule has 19 heteroatoms. The summed E-state index contributed by atoms with van der Waals surface area (Å²) in [6.07, 6.45) is 41.8. The van der Waals surface area contributed by atoms with Crippen molar-refractivity contribution in [1.29, 1.82) is 0 Å². The molecule has 0 spiro atoms. The molecule has 0 fully saturated rings. The highest BCUT2D eigenvalue weighted by atomic mass is 31.2. The minimum absolute atomic E-state index is 0.103. The number of esters is 4. The molecule has 0 rings (SSSR count). The first-order valence-electron chi connectivity index (χ1n) is 34.5. The molecule has 504 valence electrons. The molecule has 0 aliphatic carbocycles. The zero-order chi connectivity index (χ0) is 62.9. The van der Waals surface area contributed by atoms with E-state index in [2.05, 4.69) is 41.5 Å². The van der Waals surface area contributed by atoms with Crippen molar-refractivity contribution in [1.82, 2.24) is 0 Å². The Morgan fingerprint density at radius 2 is 0.541 bits per heavy atom. The van der Waals surface area contributed by atoms with Crippen LogP contribution in [0.3, 0.4) is 0 Å². The third-order valence-electron chi connectivity index (χ3n) is 15.2. The van der Waals surface area contributed by atoms with Crippen LogP contribution in [0.1, 0.15) is 330 Å². The van der Waals surface area contributed by atoms with Gasteiger partial charge in [0.2, 0.25) is 0 Å². The van der Waals surface area contributed by atoms with Gasteiger partial charge in [-0.15, -0.1) is 0 Å². The summed E-state index contributed by atoms with van der Waals surface area (Å²) in [5, 5.41) is 10.5. The van der Waals surface area contributed by atoms with E-state index in [-0.39, 0.29) is 25.7 Å². The molecule has 0 aliphatic heterocycles. The molecule has 0 aromatic heterocycles. The molecule has 0 aromatic rings. The lowest BCUT2D eigenvalue weighted by atomic mass is 10.0. The summed E-state index contributed by atoms with van der Waals surface area (Å²) in [5.74, 6) is -0.711. The average Bonchev–Trinajstić information content (AvgIpc) is 3.58. The first-order valence-corrected chi connectivity index (χ1v) is 37.5. The predicted octanol–water partition coefficient (Wildman–Crippen LogP) is 18.4. The number of unbranched alkanes of at least 4 members (excludes halogenated alkanes) is 35. The summed E-state index contributed by atoms with van der Waals surface area (Å²) < 4.78 is 68.0. The Balaban J connectivity index is 5.23. The Bertz CT molecular complexity index is 1670. The second-order valence-electron chi connectivity index (χ2n) is 24.8. The third kappa shape index (κ3) is 60.7. The molecular formula is C66H128O17P2. The lowest BCUT2D eigenvalue weighted by molar-refractivity contribution is -0.161. The van der Waals surface area contributed by atoms with E-state index in [9.17, 15) is 43.2 Å². The van der Waals surface area contributed by atoms with Crippen molar-refractivity contribution in [2.24, 2.45) is 11.8 Å². The largest absolute Gasteiger partial charge is 0.472 e. The van der Waals surface area contributed by atoms with Crippen LogP contribution in [0.2, 0.25) is 0 Å². The van der Waals surface area contributed by atoms with Gasteiger partial charge in [-0.3, -0.25) is 37.3 Å². The molecule has 0 radical (unpaired) electrons. The van der Waals surface area contributed by atoms with Gasteiger partial charge < -0.3 is 33.8 Å². The van der Waals surface area contributed by atoms with Gasteiger partial charge in [0.25, 0.3) is 0 Å². The molecule has 0 aliphatic rings. The lowest BCUT2D eigenvalue weighted by Gasteiger charge is -2.21. The van der Waals surface area contributed by atoms with Crippen LogP contribution in [0.4, 0.5) is 0 Å². The van der Waals surface area contributed by atoms with Crippen LogP contribution in [0.25, 0.3) is 0 Å². The van der Waals surface area contributed by atoms with Crippen molar-refractivity contribution >= 4 is 39.5 Å². The highest BCUT2D eigenvalue weighted by Gasteiger charge is 2.30. The van der Waals surface area contributed by atoms with Crippen molar-refractivity contribution < 1.29 is 80.2 Å². The maximum Gasteiger partial charge on any atom is 0.472 e. The zero-order valence-corrected chi connectivity index (χ0v) is 56.7. The van der Waals surface area contributed by atoms with E-state index in [1.807, 2.05) is 0 Å². The number of rotatable bonds is 65. The smallest absolute Gasteiger partial charge is 0.462 e. The molecule has 0 bridgehead atoms. The SMILES string of the molecule is CCCCCCCCCCCCCCCCCC(=O)O[C@H](COC(=O)CCCCCCCCCCC(C)C)COP(=O)(O)OC[C@@H](O)COP(=O)(O)OC[C@@H](COC(=O)CCCCCCCCCCC)OC(=O)CCCCCCCCCC(C)C. The van der Waals surface area contributed by atoms with E-state index in [0.29, 0.717) is 31.6 Å². The van der Waals surface area contributed by atoms with Gasteiger partial charge in [0.1, 0.15) is 19.3 Å². The zero-order valence-electron chi connectivity index (χ0n) is 54.9. The van der Waals surface area contributed by atoms with Gasteiger partial charge in [-0.05, 0) is 37.5 Å². The van der Waals surface area contributed by atoms with E-state index in [0.717, 1.165) is 95.8 Å². The summed E-state index contributed by atoms with van der Waals surface area (Å²) in [5.41, 5.74) is 0. The second-order valence-corrected chi connectivity index (χ2v) is 27.7. The van der Waals surface area contributed by atoms with E-state index in [4.69, 9.17) is 37.0 Å². The maximum atomic E-state index is 13.0. The van der Waals surface area contributed by atoms with Crippen LogP contribution >= 0.6 is 15.6 Å². The Morgan fingerprint density at radius 1 is 0.318 bits per heavy atom. The van der Waals surface area contributed by atoms with Gasteiger partial charge in [-0.2, -0.15) is 0 Å². The average molecular weight is 1260 g/mol. The molecule has 0 heterocycles. The molecule has 5 atom stereocenters. The number of carbonyl (C=O) groups excluding carboxylic acids is 4. The first kappa shape index (κ1) is 83.1. The summed E-state index contributed by atoms with van der Waals surface area (Å²) in [7, 11) is -9.89. The number of hydrogen-bond acceptors (Lipinski definition) is 15. The number of aliphatic hydroxyl groups is 1. The molecule has 0 aromatic carbocycles. The van der Waals surface area contributed by atoms with Gasteiger partial charge >= 0.3 is 39.5 Å². The van der Waals surface area contributed by atoms with Gasteiger partial charge in [0, 0.05) is 25.7 Å². The number of ether oxygens (including phenoxy) is 4. The molecule has 17 nitrogen and oxygen atoms in total. The normalized spacial score (nSPS) is 14.2. The van der Waals surface area contributed by atoms with Crippen molar-refractivity contribution in [3.05, 3.63) is 0 Å². The fourth-order valence-corrected chi connectivity index (χ4v) is 11.5. The van der Waals surface area contributed by atoms with E-state index in [1.54, 1.807) is 0 Å². The summed E-state index contributed by atoms with van der Waals surface area (Å²) in [4.78, 5) is 72.3. The van der Waals surface area contributed by atoms with Crippen LogP contribution in [0.15, 0.2) is 0 Å². The Morgan fingerprint density at radius 3 is 0.800 bits per heavy atom. The summed E-state index contributed by atoms with van der Waals surface area (Å²) in [6.45, 7) is 9.40. The second kappa shape index (κ2) is 58.4. The van der Waals surface area contributed by atoms with Crippen molar-refractivity contribution in [3.63, 3.8) is 0 Å². The van der Waals surface area contributed by atoms with Gasteiger partial charge in [-0.1, -0.05) is 279 Å². The fraction of sp³-hybridized carbons (Fsp3) is 0.939. The standard InChI is InChI=1S/C66H128O17P2/c1-7-9-11-13-15-17-18-19-20-21-22-24-32-38-44-50-65(70)82-61(54-77-64(69)49-43-37-31-26-25-28-34-40-46-58(3)4)56-80-84(72,73)78-52-60(67)53-79-85(74,75)81-57-62(55-76-63(68)48-42-36-30-23-16-14-12-10-8-2)83-66(71)51-45-39-33-27-29-35-41-47-59(5)6/h58-62,67H,7-57H2,1-6H3,(H,72,73)(H,74,75)/t60-,61-,62-/m1/s1. The fourth-order valence-electron chi connectivity index (χ4n) is 9.88. The van der Waals surface area contributed by atoms with Gasteiger partial charge in [0.15, 0.2) is 12.2 Å². The van der Waals surface area contributed by atoms with Crippen molar-refractivity contribution in [3.8, 4) is 0 Å². The molecule has 0 saturated heterocycles. The molecule has 85 heavy (non-hydrogen) atoms. The Hall–Kier alpha value is -1.94. The number of carbonyl (C=O) groups is 4. The Kier molecular flexibility index (Phi) is 57.1. The number of phosphoric acid groups is 2. The lowest BCUT2D eigenvalue weighted by Crippen LogP contribution is -2.30. The first-order chi connectivity index (χ1) is 40.9. The number of aliphatic hydroxyl groups excluding tert-OH is 1. The predicted molar refractivity (Wildman–Crippen MR) is 340 cm³/mol. The van der Waals surface area contributed by atoms with Crippen molar-refractivity contribution in [2.45, 2.75) is 349 Å². The number of phosphoric ester groups is 2. The van der Waals surface area contributed by atoms with Crippen LogP contribution in [0, 0.1) is 11.8 Å². The van der Waals surface area contributed by atoms with Gasteiger partial charge in [0.05, 0.1) is 26.4 Å². The van der Waals surface area contributed by atoms with Crippen molar-refractivity contribution in [2.75, 3.05) is 39.6 Å². The number of hydrogen-bond donors (Lipinski definition) is 3. The topological polar surface area (TPSA) is 237 Å². The summed E-state index contributed by atoms with van der Waals surface area (Å²) >= 11 is 0. The quantitative estimate of drug-likeness (QED) is 0.0222.